The van der Waals surface area contributed by atoms with Crippen molar-refractivity contribution < 1.29 is 8.42 Å². The number of aromatic amines is 1. The number of sulfonamides is 1. The van der Waals surface area contributed by atoms with Gasteiger partial charge in [-0.15, -0.1) is 0 Å². The van der Waals surface area contributed by atoms with Crippen LogP contribution >= 0.6 is 0 Å². The Kier molecular flexibility index (Phi) is 8.12. The Labute approximate surface area is 162 Å². The number of benzene rings is 1. The first-order chi connectivity index (χ1) is 13.0. The fourth-order valence-corrected chi connectivity index (χ4v) is 3.92. The molecule has 1 heterocycles. The van der Waals surface area contributed by atoms with E-state index in [2.05, 4.69) is 45.0 Å². The number of fused-ring (bicyclic) bond motifs is 1. The average Bonchev–Trinajstić information content (AvgIpc) is 3.04. The Morgan fingerprint density at radius 2 is 2.00 bits per heavy atom. The fourth-order valence-electron chi connectivity index (χ4n) is 2.99. The Bertz CT molecular complexity index is 845. The molecule has 0 fully saturated rings. The van der Waals surface area contributed by atoms with E-state index in [1.54, 1.807) is 0 Å². The summed E-state index contributed by atoms with van der Waals surface area (Å²) in [7, 11) is -3.13. The largest absolute Gasteiger partial charge is 0.361 e. The molecule has 0 unspecified atom stereocenters. The maximum absolute atomic E-state index is 11.6. The van der Waals surface area contributed by atoms with E-state index in [0.29, 0.717) is 26.1 Å². The monoisotopic (exact) mass is 393 g/mol. The third-order valence-electron chi connectivity index (χ3n) is 4.36. The van der Waals surface area contributed by atoms with Crippen LogP contribution in [0.4, 0.5) is 0 Å². The minimum Gasteiger partial charge on any atom is -0.361 e. The molecule has 0 spiro atoms. The third-order valence-corrected chi connectivity index (χ3v) is 5.74. The highest BCUT2D eigenvalue weighted by Crippen LogP contribution is 2.17. The molecule has 8 heteroatoms. The summed E-state index contributed by atoms with van der Waals surface area (Å²) in [5.74, 6) is 0.764. The highest BCUT2D eigenvalue weighted by atomic mass is 32.2. The number of guanidine groups is 1. The second kappa shape index (κ2) is 10.3. The van der Waals surface area contributed by atoms with Gasteiger partial charge in [0.1, 0.15) is 0 Å². The summed E-state index contributed by atoms with van der Waals surface area (Å²) in [5, 5.41) is 7.83. The van der Waals surface area contributed by atoms with Crippen molar-refractivity contribution in [1.29, 1.82) is 0 Å². The van der Waals surface area contributed by atoms with Crippen molar-refractivity contribution in [3.05, 3.63) is 36.0 Å². The highest BCUT2D eigenvalue weighted by Gasteiger charge is 2.13. The van der Waals surface area contributed by atoms with Crippen molar-refractivity contribution >= 4 is 26.9 Å². The van der Waals surface area contributed by atoms with Crippen molar-refractivity contribution in [2.75, 3.05) is 39.0 Å². The second-order valence-corrected chi connectivity index (χ2v) is 8.39. The molecule has 0 aliphatic carbocycles. The van der Waals surface area contributed by atoms with E-state index in [0.717, 1.165) is 31.0 Å². The lowest BCUT2D eigenvalue weighted by Gasteiger charge is -2.17. The van der Waals surface area contributed by atoms with Gasteiger partial charge in [0, 0.05) is 49.8 Å². The van der Waals surface area contributed by atoms with Crippen LogP contribution in [0.3, 0.4) is 0 Å². The van der Waals surface area contributed by atoms with Crippen LogP contribution in [0.2, 0.25) is 0 Å². The standard InChI is InChI=1S/C19H31N5O2S/c1-4-20-19(21-12-8-14-24(5-2)27(3,25)26)22-13-11-16-15-23-18-10-7-6-9-17(16)18/h6-7,9-10,15,23H,4-5,8,11-14H2,1-3H3,(H2,20,21,22). The zero-order valence-corrected chi connectivity index (χ0v) is 17.3. The normalized spacial score (nSPS) is 12.7. The van der Waals surface area contributed by atoms with Crippen molar-refractivity contribution in [1.82, 2.24) is 19.9 Å². The van der Waals surface area contributed by atoms with Gasteiger partial charge in [-0.25, -0.2) is 12.7 Å². The zero-order chi connectivity index (χ0) is 19.7. The van der Waals surface area contributed by atoms with Gasteiger partial charge >= 0.3 is 0 Å². The molecule has 0 saturated carbocycles. The number of hydrogen-bond donors (Lipinski definition) is 3. The summed E-state index contributed by atoms with van der Waals surface area (Å²) >= 11 is 0. The SMILES string of the molecule is CCNC(=NCCCN(CC)S(C)(=O)=O)NCCc1c[nH]c2ccccc12. The van der Waals surface area contributed by atoms with Gasteiger partial charge in [-0.05, 0) is 31.4 Å². The van der Waals surface area contributed by atoms with Crippen molar-refractivity contribution in [2.24, 2.45) is 4.99 Å². The quantitative estimate of drug-likeness (QED) is 0.327. The minimum absolute atomic E-state index is 0.492. The second-order valence-electron chi connectivity index (χ2n) is 6.41. The van der Waals surface area contributed by atoms with Crippen molar-refractivity contribution in [2.45, 2.75) is 26.7 Å². The summed E-state index contributed by atoms with van der Waals surface area (Å²) in [6.07, 6.45) is 4.89. The summed E-state index contributed by atoms with van der Waals surface area (Å²) < 4.78 is 24.7. The molecule has 0 atom stereocenters. The molecule has 2 rings (SSSR count). The number of nitrogens with one attached hydrogen (secondary N) is 3. The van der Waals surface area contributed by atoms with E-state index in [1.165, 1.54) is 21.5 Å². The molecule has 3 N–H and O–H groups in total. The molecule has 0 aliphatic heterocycles. The maximum atomic E-state index is 11.6. The average molecular weight is 394 g/mol. The van der Waals surface area contributed by atoms with Gasteiger partial charge in [-0.1, -0.05) is 25.1 Å². The Balaban J connectivity index is 1.83. The van der Waals surface area contributed by atoms with E-state index >= 15 is 0 Å². The first kappa shape index (κ1) is 21.2. The first-order valence-corrected chi connectivity index (χ1v) is 11.3. The molecule has 0 radical (unpaired) electrons. The van der Waals surface area contributed by atoms with E-state index in [1.807, 2.05) is 19.9 Å². The van der Waals surface area contributed by atoms with Crippen LogP contribution < -0.4 is 10.6 Å². The predicted molar refractivity (Wildman–Crippen MR) is 113 cm³/mol. The molecule has 0 amide bonds. The lowest BCUT2D eigenvalue weighted by Crippen LogP contribution is -2.38. The summed E-state index contributed by atoms with van der Waals surface area (Å²) in [6, 6.07) is 8.28. The Morgan fingerprint density at radius 3 is 2.70 bits per heavy atom. The number of hydrogen-bond acceptors (Lipinski definition) is 3. The molecule has 0 bridgehead atoms. The number of rotatable bonds is 10. The number of para-hydroxylation sites is 1. The summed E-state index contributed by atoms with van der Waals surface area (Å²) in [5.41, 5.74) is 2.43. The van der Waals surface area contributed by atoms with Gasteiger partial charge in [0.15, 0.2) is 5.96 Å². The van der Waals surface area contributed by atoms with Crippen molar-refractivity contribution in [3.8, 4) is 0 Å². The molecule has 0 saturated heterocycles. The fraction of sp³-hybridized carbons (Fsp3) is 0.526. The van der Waals surface area contributed by atoms with Gasteiger partial charge in [0.2, 0.25) is 10.0 Å². The topological polar surface area (TPSA) is 89.6 Å². The van der Waals surface area contributed by atoms with Gasteiger partial charge in [-0.2, -0.15) is 0 Å². The molecule has 1 aromatic carbocycles. The number of nitrogens with zero attached hydrogens (tertiary/aromatic N) is 2. The van der Waals surface area contributed by atoms with Crippen LogP contribution in [0, 0.1) is 0 Å². The summed E-state index contributed by atoms with van der Waals surface area (Å²) in [6.45, 7) is 6.99. The first-order valence-electron chi connectivity index (χ1n) is 9.48. The molecular weight excluding hydrogens is 362 g/mol. The zero-order valence-electron chi connectivity index (χ0n) is 16.5. The van der Waals surface area contributed by atoms with Crippen LogP contribution in [-0.4, -0.2) is 62.6 Å². The molecule has 7 nitrogen and oxygen atoms in total. The molecular formula is C19H31N5O2S. The van der Waals surface area contributed by atoms with Crippen LogP contribution in [0.1, 0.15) is 25.8 Å². The maximum Gasteiger partial charge on any atom is 0.211 e. The number of H-pyrrole nitrogens is 1. The van der Waals surface area contributed by atoms with Crippen LogP contribution in [0.25, 0.3) is 10.9 Å². The molecule has 1 aromatic heterocycles. The van der Waals surface area contributed by atoms with Gasteiger partial charge in [0.25, 0.3) is 0 Å². The minimum atomic E-state index is -3.13. The van der Waals surface area contributed by atoms with Gasteiger partial charge in [-0.3, -0.25) is 4.99 Å². The molecule has 27 heavy (non-hydrogen) atoms. The Hall–Kier alpha value is -2.06. The van der Waals surface area contributed by atoms with Crippen LogP contribution in [-0.2, 0) is 16.4 Å². The van der Waals surface area contributed by atoms with Gasteiger partial charge < -0.3 is 15.6 Å². The summed E-state index contributed by atoms with van der Waals surface area (Å²) in [4.78, 5) is 7.84. The van der Waals surface area contributed by atoms with E-state index < -0.39 is 10.0 Å². The van der Waals surface area contributed by atoms with E-state index in [-0.39, 0.29) is 0 Å². The Morgan fingerprint density at radius 1 is 1.22 bits per heavy atom. The van der Waals surface area contributed by atoms with Crippen LogP contribution in [0.5, 0.6) is 0 Å². The predicted octanol–water partition coefficient (Wildman–Crippen LogP) is 1.94. The molecule has 0 aliphatic rings. The number of aliphatic imine (C=N–C) groups is 1. The van der Waals surface area contributed by atoms with Crippen LogP contribution in [0.15, 0.2) is 35.5 Å². The van der Waals surface area contributed by atoms with E-state index in [9.17, 15) is 8.42 Å². The molecule has 150 valence electrons. The number of aromatic nitrogens is 1. The molecule has 2 aromatic rings. The third kappa shape index (κ3) is 6.55. The van der Waals surface area contributed by atoms with Gasteiger partial charge in [0.05, 0.1) is 6.26 Å². The lowest BCUT2D eigenvalue weighted by molar-refractivity contribution is 0.427. The highest BCUT2D eigenvalue weighted by molar-refractivity contribution is 7.88. The smallest absolute Gasteiger partial charge is 0.211 e. The van der Waals surface area contributed by atoms with E-state index in [4.69, 9.17) is 0 Å². The lowest BCUT2D eigenvalue weighted by atomic mass is 10.1. The van der Waals surface area contributed by atoms with Crippen molar-refractivity contribution in [3.63, 3.8) is 0 Å².